The van der Waals surface area contributed by atoms with Gasteiger partial charge in [0.1, 0.15) is 6.10 Å². The maximum atomic E-state index is 11.6. The van der Waals surface area contributed by atoms with Gasteiger partial charge in [0.2, 0.25) is 5.91 Å². The number of carboxylic acid groups (broad SMARTS) is 1. The van der Waals surface area contributed by atoms with Crippen molar-refractivity contribution in [2.24, 2.45) is 0 Å². The average molecular weight is 258 g/mol. The number of rotatable bonds is 7. The van der Waals surface area contributed by atoms with E-state index in [1.165, 1.54) is 0 Å². The highest BCUT2D eigenvalue weighted by atomic mass is 16.7. The third-order valence-electron chi connectivity index (χ3n) is 2.44. The molecular formula is C12H22N2O4. The zero-order valence-electron chi connectivity index (χ0n) is 11.4. The van der Waals surface area contributed by atoms with Gasteiger partial charge in [0.05, 0.1) is 6.04 Å². The lowest BCUT2D eigenvalue weighted by Gasteiger charge is -2.25. The van der Waals surface area contributed by atoms with Crippen LogP contribution >= 0.6 is 0 Å². The van der Waals surface area contributed by atoms with E-state index in [1.807, 2.05) is 19.0 Å². The van der Waals surface area contributed by atoms with Gasteiger partial charge >= 0.3 is 6.16 Å². The van der Waals surface area contributed by atoms with Gasteiger partial charge < -0.3 is 20.1 Å². The second-order valence-corrected chi connectivity index (χ2v) is 4.54. The minimum absolute atomic E-state index is 0.292. The first-order valence-corrected chi connectivity index (χ1v) is 5.74. The maximum Gasteiger partial charge on any atom is 0.506 e. The number of nitrogens with zero attached hydrogens (tertiary/aromatic N) is 1. The summed E-state index contributed by atoms with van der Waals surface area (Å²) in [6.45, 7) is 7.48. The Morgan fingerprint density at radius 1 is 1.44 bits per heavy atom. The van der Waals surface area contributed by atoms with Crippen LogP contribution in [0.4, 0.5) is 4.79 Å². The van der Waals surface area contributed by atoms with E-state index < -0.39 is 12.3 Å². The van der Waals surface area contributed by atoms with Gasteiger partial charge in [-0.2, -0.15) is 0 Å². The van der Waals surface area contributed by atoms with Gasteiger partial charge in [-0.25, -0.2) is 4.79 Å². The molecule has 0 heterocycles. The van der Waals surface area contributed by atoms with Crippen molar-refractivity contribution in [1.82, 2.24) is 10.2 Å². The van der Waals surface area contributed by atoms with Gasteiger partial charge in [-0.3, -0.25) is 4.79 Å². The van der Waals surface area contributed by atoms with Gasteiger partial charge in [0.15, 0.2) is 0 Å². The summed E-state index contributed by atoms with van der Waals surface area (Å²) in [7, 11) is 3.81. The highest BCUT2D eigenvalue weighted by Crippen LogP contribution is 2.06. The molecule has 0 aromatic heterocycles. The molecular weight excluding hydrogens is 236 g/mol. The number of amides is 1. The van der Waals surface area contributed by atoms with Gasteiger partial charge in [0.25, 0.3) is 0 Å². The van der Waals surface area contributed by atoms with Crippen molar-refractivity contribution in [3.63, 3.8) is 0 Å². The van der Waals surface area contributed by atoms with Crippen molar-refractivity contribution in [3.05, 3.63) is 12.2 Å². The number of carbonyl (C=O) groups excluding carboxylic acids is 1. The molecule has 104 valence electrons. The van der Waals surface area contributed by atoms with Gasteiger partial charge in [-0.15, -0.1) is 0 Å². The molecule has 6 heteroatoms. The molecule has 0 radical (unpaired) electrons. The van der Waals surface area contributed by atoms with Crippen molar-refractivity contribution in [3.8, 4) is 0 Å². The predicted molar refractivity (Wildman–Crippen MR) is 68.5 cm³/mol. The molecule has 1 amide bonds. The van der Waals surface area contributed by atoms with Crippen molar-refractivity contribution in [2.45, 2.75) is 32.4 Å². The molecule has 0 saturated carbocycles. The lowest BCUT2D eigenvalue weighted by atomic mass is 10.1. The van der Waals surface area contributed by atoms with Crippen LogP contribution in [0.15, 0.2) is 12.2 Å². The van der Waals surface area contributed by atoms with Crippen molar-refractivity contribution in [2.75, 3.05) is 20.6 Å². The minimum atomic E-state index is -1.35. The Balaban J connectivity index is 4.54. The van der Waals surface area contributed by atoms with Gasteiger partial charge in [0, 0.05) is 5.57 Å². The number of hydrogen-bond donors (Lipinski definition) is 2. The normalized spacial score (nSPS) is 13.8. The zero-order valence-corrected chi connectivity index (χ0v) is 11.4. The fourth-order valence-electron chi connectivity index (χ4n) is 1.35. The third-order valence-corrected chi connectivity index (χ3v) is 2.44. The molecule has 0 spiro atoms. The van der Waals surface area contributed by atoms with E-state index in [1.54, 1.807) is 13.8 Å². The first-order valence-electron chi connectivity index (χ1n) is 5.74. The molecule has 6 nitrogen and oxygen atoms in total. The monoisotopic (exact) mass is 258 g/mol. The highest BCUT2D eigenvalue weighted by molar-refractivity contribution is 5.92. The van der Waals surface area contributed by atoms with E-state index in [9.17, 15) is 9.59 Å². The molecule has 0 aromatic carbocycles. The number of hydrogen-bond acceptors (Lipinski definition) is 4. The summed E-state index contributed by atoms with van der Waals surface area (Å²) in [5.41, 5.74) is 0.382. The van der Waals surface area contributed by atoms with E-state index >= 15 is 0 Å². The van der Waals surface area contributed by atoms with Gasteiger partial charge in [-0.05, 0) is 40.9 Å². The summed E-state index contributed by atoms with van der Waals surface area (Å²) in [4.78, 5) is 24.0. The number of ether oxygens (including phenoxy) is 1. The average Bonchev–Trinajstić information content (AvgIpc) is 2.21. The van der Waals surface area contributed by atoms with Crippen LogP contribution in [0.25, 0.3) is 0 Å². The smallest absolute Gasteiger partial charge is 0.450 e. The summed E-state index contributed by atoms with van der Waals surface area (Å²) < 4.78 is 4.68. The predicted octanol–water partition coefficient (Wildman–Crippen LogP) is 1.08. The van der Waals surface area contributed by atoms with Crippen LogP contribution in [0.3, 0.4) is 0 Å². The SMILES string of the molecule is C=C(C)C(=O)NC(CCN(C)C)C(C)OC(=O)O. The van der Waals surface area contributed by atoms with Gasteiger partial charge in [-0.1, -0.05) is 6.58 Å². The maximum absolute atomic E-state index is 11.6. The van der Waals surface area contributed by atoms with Crippen LogP contribution in [-0.2, 0) is 9.53 Å². The Morgan fingerprint density at radius 2 is 2.00 bits per heavy atom. The fraction of sp³-hybridized carbons (Fsp3) is 0.667. The molecule has 2 atom stereocenters. The third kappa shape index (κ3) is 6.90. The molecule has 2 unspecified atom stereocenters. The lowest BCUT2D eigenvalue weighted by molar-refractivity contribution is -0.119. The largest absolute Gasteiger partial charge is 0.506 e. The molecule has 0 fully saturated rings. The Labute approximate surface area is 108 Å². The molecule has 0 aliphatic carbocycles. The fourth-order valence-corrected chi connectivity index (χ4v) is 1.35. The summed E-state index contributed by atoms with van der Waals surface area (Å²) in [5.74, 6) is -0.292. The van der Waals surface area contributed by atoms with Crippen LogP contribution in [-0.4, -0.2) is 54.9 Å². The zero-order chi connectivity index (χ0) is 14.3. The first-order chi connectivity index (χ1) is 8.23. The summed E-state index contributed by atoms with van der Waals surface area (Å²) >= 11 is 0. The van der Waals surface area contributed by atoms with Crippen LogP contribution in [0.5, 0.6) is 0 Å². The van der Waals surface area contributed by atoms with E-state index in [2.05, 4.69) is 16.6 Å². The molecule has 0 aromatic rings. The van der Waals surface area contributed by atoms with Crippen LogP contribution in [0.1, 0.15) is 20.3 Å². The first kappa shape index (κ1) is 16.4. The van der Waals surface area contributed by atoms with Crippen molar-refractivity contribution in [1.29, 1.82) is 0 Å². The van der Waals surface area contributed by atoms with E-state index in [0.717, 1.165) is 0 Å². The second-order valence-electron chi connectivity index (χ2n) is 4.54. The lowest BCUT2D eigenvalue weighted by Crippen LogP contribution is -2.45. The molecule has 2 N–H and O–H groups in total. The highest BCUT2D eigenvalue weighted by Gasteiger charge is 2.22. The minimum Gasteiger partial charge on any atom is -0.450 e. The Hall–Kier alpha value is -1.56. The van der Waals surface area contributed by atoms with Crippen LogP contribution < -0.4 is 5.32 Å². The Morgan fingerprint density at radius 3 is 2.39 bits per heavy atom. The van der Waals surface area contributed by atoms with E-state index in [4.69, 9.17) is 5.11 Å². The quantitative estimate of drug-likeness (QED) is 0.528. The summed E-state index contributed by atoms with van der Waals surface area (Å²) in [6, 6.07) is -0.368. The summed E-state index contributed by atoms with van der Waals surface area (Å²) in [6.07, 6.45) is -1.35. The molecule has 0 aliphatic heterocycles. The van der Waals surface area contributed by atoms with Crippen molar-refractivity contribution >= 4 is 12.1 Å². The van der Waals surface area contributed by atoms with E-state index in [0.29, 0.717) is 18.5 Å². The number of nitrogens with one attached hydrogen (secondary N) is 1. The number of carbonyl (C=O) groups is 2. The van der Waals surface area contributed by atoms with Crippen LogP contribution in [0, 0.1) is 0 Å². The molecule has 0 bridgehead atoms. The molecule has 0 saturated heterocycles. The molecule has 18 heavy (non-hydrogen) atoms. The second kappa shape index (κ2) is 7.71. The Kier molecular flexibility index (Phi) is 7.04. The molecule has 0 aliphatic rings. The van der Waals surface area contributed by atoms with E-state index in [-0.39, 0.29) is 11.9 Å². The van der Waals surface area contributed by atoms with Crippen LogP contribution in [0.2, 0.25) is 0 Å². The molecule has 0 rings (SSSR count). The Bertz CT molecular complexity index is 315. The summed E-state index contributed by atoms with van der Waals surface area (Å²) in [5, 5.41) is 11.3. The topological polar surface area (TPSA) is 78.9 Å². The van der Waals surface area contributed by atoms with Crippen molar-refractivity contribution < 1.29 is 19.4 Å². The standard InChI is InChI=1S/C12H22N2O4/c1-8(2)11(15)13-10(6-7-14(4)5)9(3)18-12(16)17/h9-10H,1,6-7H2,2-5H3,(H,13,15)(H,16,17).